The van der Waals surface area contributed by atoms with Gasteiger partial charge in [0.15, 0.2) is 0 Å². The fourth-order valence-corrected chi connectivity index (χ4v) is 3.48. The SMILES string of the molecule is NC(=O)[C@H]1CC(Cc2cccnc2)=C[C@H]1c1cccc(Br)c1. The molecule has 2 N–H and O–H groups in total. The summed E-state index contributed by atoms with van der Waals surface area (Å²) >= 11 is 3.49. The van der Waals surface area contributed by atoms with Crippen LogP contribution < -0.4 is 5.73 Å². The van der Waals surface area contributed by atoms with Gasteiger partial charge in [-0.3, -0.25) is 9.78 Å². The lowest BCUT2D eigenvalue weighted by atomic mass is 9.88. The van der Waals surface area contributed by atoms with Crippen LogP contribution in [0.2, 0.25) is 0 Å². The van der Waals surface area contributed by atoms with Gasteiger partial charge in [0.05, 0.1) is 5.92 Å². The van der Waals surface area contributed by atoms with Gasteiger partial charge in [-0.05, 0) is 42.2 Å². The molecule has 112 valence electrons. The average Bonchev–Trinajstić information content (AvgIpc) is 2.92. The van der Waals surface area contributed by atoms with Gasteiger partial charge in [0.25, 0.3) is 0 Å². The number of nitrogens with zero attached hydrogens (tertiary/aromatic N) is 1. The quantitative estimate of drug-likeness (QED) is 0.850. The van der Waals surface area contributed by atoms with E-state index in [0.29, 0.717) is 0 Å². The summed E-state index contributed by atoms with van der Waals surface area (Å²) in [5.74, 6) is -0.343. The standard InChI is InChI=1S/C18H17BrN2O/c19-15-5-1-4-14(10-15)16-8-13(9-17(16)18(20)22)7-12-3-2-6-21-11-12/h1-6,8,10-11,16-17H,7,9H2,(H2,20,22)/t16-,17-/m0/s1. The molecule has 0 aliphatic heterocycles. The maximum absolute atomic E-state index is 11.8. The summed E-state index contributed by atoms with van der Waals surface area (Å²) in [6.45, 7) is 0. The number of hydrogen-bond acceptors (Lipinski definition) is 2. The van der Waals surface area contributed by atoms with Crippen molar-refractivity contribution in [2.45, 2.75) is 18.8 Å². The van der Waals surface area contributed by atoms with Crippen LogP contribution in [0.1, 0.15) is 23.5 Å². The summed E-state index contributed by atoms with van der Waals surface area (Å²) < 4.78 is 1.02. The molecule has 1 amide bonds. The Morgan fingerprint density at radius 1 is 1.32 bits per heavy atom. The Labute approximate surface area is 138 Å². The van der Waals surface area contributed by atoms with Crippen molar-refractivity contribution < 1.29 is 4.79 Å². The van der Waals surface area contributed by atoms with Gasteiger partial charge in [0.2, 0.25) is 5.91 Å². The smallest absolute Gasteiger partial charge is 0.221 e. The predicted octanol–water partition coefficient (Wildman–Crippen LogP) is 3.60. The van der Waals surface area contributed by atoms with Crippen molar-refractivity contribution in [2.24, 2.45) is 11.7 Å². The van der Waals surface area contributed by atoms with Gasteiger partial charge in [0, 0.05) is 22.8 Å². The van der Waals surface area contributed by atoms with Crippen molar-refractivity contribution in [2.75, 3.05) is 0 Å². The maximum atomic E-state index is 11.8. The topological polar surface area (TPSA) is 56.0 Å². The molecule has 1 aliphatic rings. The number of carbonyl (C=O) groups excluding carboxylic acids is 1. The summed E-state index contributed by atoms with van der Waals surface area (Å²) in [5, 5.41) is 0. The van der Waals surface area contributed by atoms with Crippen molar-refractivity contribution in [3.63, 3.8) is 0 Å². The number of pyridine rings is 1. The zero-order chi connectivity index (χ0) is 15.5. The monoisotopic (exact) mass is 356 g/mol. The first-order valence-corrected chi connectivity index (χ1v) is 8.06. The zero-order valence-electron chi connectivity index (χ0n) is 12.1. The lowest BCUT2D eigenvalue weighted by Gasteiger charge is -2.16. The Balaban J connectivity index is 1.87. The first kappa shape index (κ1) is 15.0. The second-order valence-corrected chi connectivity index (χ2v) is 6.57. The van der Waals surface area contributed by atoms with Gasteiger partial charge in [0.1, 0.15) is 0 Å². The first-order valence-electron chi connectivity index (χ1n) is 7.27. The Hall–Kier alpha value is -1.94. The summed E-state index contributed by atoms with van der Waals surface area (Å²) in [5.41, 5.74) is 9.16. The lowest BCUT2D eigenvalue weighted by Crippen LogP contribution is -2.25. The van der Waals surface area contributed by atoms with Gasteiger partial charge in [-0.2, -0.15) is 0 Å². The second-order valence-electron chi connectivity index (χ2n) is 5.66. The van der Waals surface area contributed by atoms with Crippen LogP contribution >= 0.6 is 15.9 Å². The van der Waals surface area contributed by atoms with Gasteiger partial charge in [-0.1, -0.05) is 45.8 Å². The number of halogens is 1. The number of primary amides is 1. The number of carbonyl (C=O) groups is 1. The van der Waals surface area contributed by atoms with Gasteiger partial charge in [-0.15, -0.1) is 0 Å². The van der Waals surface area contributed by atoms with Crippen LogP contribution in [0.15, 0.2) is 64.9 Å². The number of allylic oxidation sites excluding steroid dienone is 2. The van der Waals surface area contributed by atoms with Crippen molar-refractivity contribution in [1.82, 2.24) is 4.98 Å². The fourth-order valence-electron chi connectivity index (χ4n) is 3.06. The molecule has 0 saturated heterocycles. The number of aromatic nitrogens is 1. The number of amides is 1. The molecule has 0 radical (unpaired) electrons. The highest BCUT2D eigenvalue weighted by atomic mass is 79.9. The Bertz CT molecular complexity index is 712. The van der Waals surface area contributed by atoms with E-state index < -0.39 is 0 Å². The molecule has 0 spiro atoms. The first-order chi connectivity index (χ1) is 10.6. The molecular weight excluding hydrogens is 340 g/mol. The summed E-state index contributed by atoms with van der Waals surface area (Å²) in [4.78, 5) is 16.0. The van der Waals surface area contributed by atoms with Crippen LogP contribution in [0.4, 0.5) is 0 Å². The Morgan fingerprint density at radius 2 is 2.18 bits per heavy atom. The van der Waals surface area contributed by atoms with Gasteiger partial charge in [-0.25, -0.2) is 0 Å². The third-order valence-electron chi connectivity index (χ3n) is 4.08. The summed E-state index contributed by atoms with van der Waals surface area (Å²) in [7, 11) is 0. The maximum Gasteiger partial charge on any atom is 0.221 e. The molecule has 1 aromatic carbocycles. The number of hydrogen-bond donors (Lipinski definition) is 1. The molecule has 0 saturated carbocycles. The zero-order valence-corrected chi connectivity index (χ0v) is 13.7. The normalized spacial score (nSPS) is 20.7. The van der Waals surface area contributed by atoms with Crippen molar-refractivity contribution in [1.29, 1.82) is 0 Å². The lowest BCUT2D eigenvalue weighted by molar-refractivity contribution is -0.121. The number of nitrogens with two attached hydrogens (primary N) is 1. The molecule has 2 aromatic rings. The Kier molecular flexibility index (Phi) is 4.39. The molecule has 1 heterocycles. The van der Waals surface area contributed by atoms with Crippen molar-refractivity contribution in [3.05, 3.63) is 76.0 Å². The van der Waals surface area contributed by atoms with E-state index >= 15 is 0 Å². The van der Waals surface area contributed by atoms with Crippen molar-refractivity contribution >= 4 is 21.8 Å². The highest BCUT2D eigenvalue weighted by Gasteiger charge is 2.32. The molecule has 0 unspecified atom stereocenters. The average molecular weight is 357 g/mol. The van der Waals surface area contributed by atoms with Gasteiger partial charge >= 0.3 is 0 Å². The van der Waals surface area contributed by atoms with Crippen LogP contribution in [0.3, 0.4) is 0 Å². The molecule has 0 fully saturated rings. The number of benzene rings is 1. The molecular formula is C18H17BrN2O. The van der Waals surface area contributed by atoms with Crippen LogP contribution in [0, 0.1) is 5.92 Å². The van der Waals surface area contributed by atoms with E-state index in [1.165, 1.54) is 5.57 Å². The van der Waals surface area contributed by atoms with E-state index in [-0.39, 0.29) is 17.7 Å². The molecule has 4 heteroatoms. The largest absolute Gasteiger partial charge is 0.369 e. The Morgan fingerprint density at radius 3 is 2.86 bits per heavy atom. The minimum Gasteiger partial charge on any atom is -0.369 e. The molecule has 1 aromatic heterocycles. The van der Waals surface area contributed by atoms with Crippen LogP contribution in [0.5, 0.6) is 0 Å². The van der Waals surface area contributed by atoms with E-state index in [9.17, 15) is 4.79 Å². The third-order valence-corrected chi connectivity index (χ3v) is 4.58. The van der Waals surface area contributed by atoms with Crippen molar-refractivity contribution in [3.8, 4) is 0 Å². The highest BCUT2D eigenvalue weighted by Crippen LogP contribution is 2.39. The molecule has 3 rings (SSSR count). The minimum atomic E-state index is -0.234. The summed E-state index contributed by atoms with van der Waals surface area (Å²) in [6, 6.07) is 12.1. The predicted molar refractivity (Wildman–Crippen MR) is 90.2 cm³/mol. The van der Waals surface area contributed by atoms with E-state index in [2.05, 4.69) is 45.2 Å². The molecule has 2 atom stereocenters. The van der Waals surface area contributed by atoms with Crippen LogP contribution in [-0.4, -0.2) is 10.9 Å². The fraction of sp³-hybridized carbons (Fsp3) is 0.222. The van der Waals surface area contributed by atoms with E-state index in [0.717, 1.165) is 28.4 Å². The molecule has 1 aliphatic carbocycles. The van der Waals surface area contributed by atoms with Crippen LogP contribution in [-0.2, 0) is 11.2 Å². The third kappa shape index (κ3) is 3.28. The van der Waals surface area contributed by atoms with Gasteiger partial charge < -0.3 is 5.73 Å². The van der Waals surface area contributed by atoms with Crippen LogP contribution in [0.25, 0.3) is 0 Å². The molecule has 22 heavy (non-hydrogen) atoms. The minimum absolute atomic E-state index is 0.0571. The van der Waals surface area contributed by atoms with E-state index in [1.54, 1.807) is 6.20 Å². The van der Waals surface area contributed by atoms with E-state index in [1.807, 2.05) is 24.4 Å². The highest BCUT2D eigenvalue weighted by molar-refractivity contribution is 9.10. The molecule has 0 bridgehead atoms. The number of rotatable bonds is 4. The summed E-state index contributed by atoms with van der Waals surface area (Å²) in [6.07, 6.45) is 7.38. The van der Waals surface area contributed by atoms with E-state index in [4.69, 9.17) is 5.73 Å². The second kappa shape index (κ2) is 6.44. The molecule has 3 nitrogen and oxygen atoms in total.